The fourth-order valence-electron chi connectivity index (χ4n) is 2.90. The molecule has 0 saturated heterocycles. The van der Waals surface area contributed by atoms with Gasteiger partial charge in [0.2, 0.25) is 0 Å². The molecule has 3 rings (SSSR count). The van der Waals surface area contributed by atoms with E-state index >= 15 is 0 Å². The van der Waals surface area contributed by atoms with Gasteiger partial charge in [-0.3, -0.25) is 4.90 Å². The maximum Gasteiger partial charge on any atom is 0.411 e. The van der Waals surface area contributed by atoms with Crippen molar-refractivity contribution in [2.75, 3.05) is 7.11 Å². The van der Waals surface area contributed by atoms with Gasteiger partial charge >= 0.3 is 12.1 Å². The standard InChI is InChI=1S/C19H19NO5/c1-24-16-8-7-14-10-17(18(21)22)20(11-15(14)9-16)19(23)25-12-13-5-3-2-4-6-13/h2-9,17H,10-12H2,1H3,(H,21,22)/t17-/m0/s1. The first kappa shape index (κ1) is 16.8. The number of methoxy groups -OCH3 is 1. The molecule has 2 aromatic rings. The highest BCUT2D eigenvalue weighted by Gasteiger charge is 2.35. The van der Waals surface area contributed by atoms with Gasteiger partial charge in [0.15, 0.2) is 0 Å². The molecule has 25 heavy (non-hydrogen) atoms. The third-order valence-electron chi connectivity index (χ3n) is 4.27. The van der Waals surface area contributed by atoms with Crippen LogP contribution in [0, 0.1) is 0 Å². The van der Waals surface area contributed by atoms with E-state index in [-0.39, 0.29) is 19.6 Å². The lowest BCUT2D eigenvalue weighted by Gasteiger charge is -2.33. The van der Waals surface area contributed by atoms with E-state index in [1.165, 1.54) is 4.90 Å². The van der Waals surface area contributed by atoms with Gasteiger partial charge in [-0.05, 0) is 28.8 Å². The number of carbonyl (C=O) groups is 2. The Kier molecular flexibility index (Phi) is 4.88. The molecule has 1 heterocycles. The van der Waals surface area contributed by atoms with Gasteiger partial charge in [-0.15, -0.1) is 0 Å². The molecule has 1 N–H and O–H groups in total. The molecule has 0 spiro atoms. The summed E-state index contributed by atoms with van der Waals surface area (Å²) in [6.45, 7) is 0.282. The largest absolute Gasteiger partial charge is 0.497 e. The normalized spacial score (nSPS) is 16.0. The van der Waals surface area contributed by atoms with Gasteiger partial charge in [0.05, 0.1) is 13.7 Å². The molecular formula is C19H19NO5. The average molecular weight is 341 g/mol. The van der Waals surface area contributed by atoms with Crippen molar-refractivity contribution in [3.63, 3.8) is 0 Å². The topological polar surface area (TPSA) is 76.1 Å². The number of amides is 1. The second kappa shape index (κ2) is 7.25. The van der Waals surface area contributed by atoms with Crippen LogP contribution >= 0.6 is 0 Å². The molecule has 0 saturated carbocycles. The maximum absolute atomic E-state index is 12.5. The summed E-state index contributed by atoms with van der Waals surface area (Å²) in [6, 6.07) is 13.8. The summed E-state index contributed by atoms with van der Waals surface area (Å²) in [5, 5.41) is 9.50. The summed E-state index contributed by atoms with van der Waals surface area (Å²) >= 11 is 0. The van der Waals surface area contributed by atoms with Crippen LogP contribution in [-0.4, -0.2) is 35.2 Å². The zero-order chi connectivity index (χ0) is 17.8. The summed E-state index contributed by atoms with van der Waals surface area (Å²) in [7, 11) is 1.57. The van der Waals surface area contributed by atoms with Crippen LogP contribution in [0.25, 0.3) is 0 Å². The number of aliphatic carboxylic acids is 1. The molecule has 1 amide bonds. The van der Waals surface area contributed by atoms with E-state index in [0.717, 1.165) is 16.7 Å². The fraction of sp³-hybridized carbons (Fsp3) is 0.263. The van der Waals surface area contributed by atoms with Gasteiger partial charge in [-0.1, -0.05) is 36.4 Å². The quantitative estimate of drug-likeness (QED) is 0.925. The molecule has 2 aromatic carbocycles. The Morgan fingerprint density at radius 3 is 2.60 bits per heavy atom. The Morgan fingerprint density at radius 1 is 1.16 bits per heavy atom. The molecule has 130 valence electrons. The Morgan fingerprint density at radius 2 is 1.92 bits per heavy atom. The van der Waals surface area contributed by atoms with Crippen molar-refractivity contribution in [1.29, 1.82) is 0 Å². The third kappa shape index (κ3) is 3.74. The summed E-state index contributed by atoms with van der Waals surface area (Å²) in [5.74, 6) is -0.372. The van der Waals surface area contributed by atoms with Crippen LogP contribution < -0.4 is 4.74 Å². The fourth-order valence-corrected chi connectivity index (χ4v) is 2.90. The van der Waals surface area contributed by atoms with Crippen molar-refractivity contribution >= 4 is 12.1 Å². The van der Waals surface area contributed by atoms with Crippen molar-refractivity contribution < 1.29 is 24.2 Å². The monoisotopic (exact) mass is 341 g/mol. The molecule has 0 bridgehead atoms. The van der Waals surface area contributed by atoms with Crippen LogP contribution in [-0.2, 0) is 29.1 Å². The van der Waals surface area contributed by atoms with Crippen molar-refractivity contribution in [3.8, 4) is 5.75 Å². The van der Waals surface area contributed by atoms with Gasteiger partial charge in [0, 0.05) is 6.42 Å². The Balaban J connectivity index is 1.77. The molecule has 6 nitrogen and oxygen atoms in total. The number of hydrogen-bond acceptors (Lipinski definition) is 4. The molecule has 0 unspecified atom stereocenters. The minimum absolute atomic E-state index is 0.105. The van der Waals surface area contributed by atoms with E-state index in [9.17, 15) is 14.7 Å². The van der Waals surface area contributed by atoms with Crippen LogP contribution in [0.5, 0.6) is 5.75 Å². The van der Waals surface area contributed by atoms with Crippen LogP contribution in [0.15, 0.2) is 48.5 Å². The van der Waals surface area contributed by atoms with Crippen LogP contribution in [0.3, 0.4) is 0 Å². The minimum Gasteiger partial charge on any atom is -0.497 e. The van der Waals surface area contributed by atoms with E-state index in [1.807, 2.05) is 42.5 Å². The lowest BCUT2D eigenvalue weighted by Crippen LogP contribution is -2.48. The smallest absolute Gasteiger partial charge is 0.411 e. The first-order chi connectivity index (χ1) is 12.1. The molecular weight excluding hydrogens is 322 g/mol. The maximum atomic E-state index is 12.5. The molecule has 0 aliphatic carbocycles. The first-order valence-electron chi connectivity index (χ1n) is 7.94. The van der Waals surface area contributed by atoms with Gasteiger partial charge < -0.3 is 14.6 Å². The molecule has 0 radical (unpaired) electrons. The number of hydrogen-bond donors (Lipinski definition) is 1. The number of nitrogens with zero attached hydrogens (tertiary/aromatic N) is 1. The second-order valence-electron chi connectivity index (χ2n) is 5.86. The van der Waals surface area contributed by atoms with E-state index in [4.69, 9.17) is 9.47 Å². The lowest BCUT2D eigenvalue weighted by atomic mass is 9.94. The number of benzene rings is 2. The predicted octanol–water partition coefficient (Wildman–Crippen LogP) is 2.84. The molecule has 0 fully saturated rings. The summed E-state index contributed by atoms with van der Waals surface area (Å²) in [4.78, 5) is 25.3. The van der Waals surface area contributed by atoms with Crippen molar-refractivity contribution in [2.24, 2.45) is 0 Å². The highest BCUT2D eigenvalue weighted by atomic mass is 16.6. The molecule has 1 aliphatic heterocycles. The summed E-state index contributed by atoms with van der Waals surface area (Å²) in [6.07, 6.45) is -0.389. The zero-order valence-corrected chi connectivity index (χ0v) is 13.8. The molecule has 1 aliphatic rings. The zero-order valence-electron chi connectivity index (χ0n) is 13.8. The second-order valence-corrected chi connectivity index (χ2v) is 5.86. The van der Waals surface area contributed by atoms with Crippen molar-refractivity contribution in [1.82, 2.24) is 4.90 Å². The number of carboxylic acids is 1. The number of carboxylic acid groups (broad SMARTS) is 1. The SMILES string of the molecule is COc1ccc2c(c1)CN(C(=O)OCc1ccccc1)[C@H](C(=O)O)C2. The predicted molar refractivity (Wildman–Crippen MR) is 90.3 cm³/mol. The van der Waals surface area contributed by atoms with E-state index in [0.29, 0.717) is 5.75 Å². The molecule has 6 heteroatoms. The third-order valence-corrected chi connectivity index (χ3v) is 4.27. The molecule has 0 aromatic heterocycles. The van der Waals surface area contributed by atoms with E-state index in [1.54, 1.807) is 13.2 Å². The van der Waals surface area contributed by atoms with Crippen molar-refractivity contribution in [2.45, 2.75) is 25.6 Å². The highest BCUT2D eigenvalue weighted by Crippen LogP contribution is 2.27. The van der Waals surface area contributed by atoms with Crippen molar-refractivity contribution in [3.05, 3.63) is 65.2 Å². The summed E-state index contributed by atoms with van der Waals surface area (Å²) < 4.78 is 10.5. The van der Waals surface area contributed by atoms with E-state index < -0.39 is 18.1 Å². The number of carbonyl (C=O) groups excluding carboxylic acids is 1. The lowest BCUT2D eigenvalue weighted by molar-refractivity contribution is -0.143. The Labute approximate surface area is 145 Å². The Bertz CT molecular complexity index is 775. The van der Waals surface area contributed by atoms with Gasteiger partial charge in [0.1, 0.15) is 18.4 Å². The number of rotatable bonds is 4. The summed E-state index contributed by atoms with van der Waals surface area (Å²) in [5.41, 5.74) is 2.62. The van der Waals surface area contributed by atoms with Gasteiger partial charge in [0.25, 0.3) is 0 Å². The van der Waals surface area contributed by atoms with Gasteiger partial charge in [-0.2, -0.15) is 0 Å². The Hall–Kier alpha value is -3.02. The first-order valence-corrected chi connectivity index (χ1v) is 7.94. The van der Waals surface area contributed by atoms with Gasteiger partial charge in [-0.25, -0.2) is 9.59 Å². The van der Waals surface area contributed by atoms with E-state index in [2.05, 4.69) is 0 Å². The van der Waals surface area contributed by atoms with Crippen LogP contribution in [0.2, 0.25) is 0 Å². The minimum atomic E-state index is -1.04. The van der Waals surface area contributed by atoms with Crippen LogP contribution in [0.1, 0.15) is 16.7 Å². The molecule has 1 atom stereocenters. The van der Waals surface area contributed by atoms with Crippen LogP contribution in [0.4, 0.5) is 4.79 Å². The average Bonchev–Trinajstić information content (AvgIpc) is 2.65. The number of fused-ring (bicyclic) bond motifs is 1. The highest BCUT2D eigenvalue weighted by molar-refractivity contribution is 5.81. The number of ether oxygens (including phenoxy) is 2.